The molecule has 0 aliphatic rings. The van der Waals surface area contributed by atoms with Crippen molar-refractivity contribution < 1.29 is 0 Å². The van der Waals surface area contributed by atoms with Crippen molar-refractivity contribution in [2.45, 2.75) is 78.2 Å². The number of nitrogens with one attached hydrogen (secondary N) is 1. The van der Waals surface area contributed by atoms with E-state index in [9.17, 15) is 0 Å². The summed E-state index contributed by atoms with van der Waals surface area (Å²) in [5.41, 5.74) is 2.91. The second-order valence-corrected chi connectivity index (χ2v) is 4.93. The van der Waals surface area contributed by atoms with E-state index in [-0.39, 0.29) is 0 Å². The maximum Gasteiger partial charge on any atom is 0.0233 e. The number of unbranched alkanes of at least 4 members (excludes halogenated alkanes) is 6. The van der Waals surface area contributed by atoms with Gasteiger partial charge in [0.1, 0.15) is 0 Å². The second kappa shape index (κ2) is 10.4. The third kappa shape index (κ3) is 8.88. The number of nitrogens with two attached hydrogens (primary N) is 1. The monoisotopic (exact) mass is 214 g/mol. The van der Waals surface area contributed by atoms with Crippen molar-refractivity contribution in [1.29, 1.82) is 0 Å². The highest BCUT2D eigenvalue weighted by molar-refractivity contribution is 4.67. The standard InChI is InChI=1S/C13H30N2/c1-4-5-6-7-8-9-10-11-13(15-14)12(2)3/h12-13,15H,4-11,14H2,1-3H3. The molecule has 0 aromatic heterocycles. The average Bonchev–Trinajstić information content (AvgIpc) is 2.21. The molecule has 0 heterocycles. The molecule has 0 saturated heterocycles. The average molecular weight is 214 g/mol. The Kier molecular flexibility index (Phi) is 10.4. The molecule has 0 rings (SSSR count). The Morgan fingerprint density at radius 3 is 1.93 bits per heavy atom. The Balaban J connectivity index is 3.22. The molecule has 0 aliphatic carbocycles. The zero-order chi connectivity index (χ0) is 11.5. The summed E-state index contributed by atoms with van der Waals surface area (Å²) in [6.07, 6.45) is 10.9. The van der Waals surface area contributed by atoms with Crippen molar-refractivity contribution in [3.63, 3.8) is 0 Å². The van der Waals surface area contributed by atoms with Crippen molar-refractivity contribution in [3.05, 3.63) is 0 Å². The molecule has 0 fully saturated rings. The lowest BCUT2D eigenvalue weighted by Crippen LogP contribution is -2.38. The van der Waals surface area contributed by atoms with Crippen LogP contribution in [0.3, 0.4) is 0 Å². The van der Waals surface area contributed by atoms with Gasteiger partial charge in [-0.05, 0) is 12.3 Å². The fraction of sp³-hybridized carbons (Fsp3) is 1.00. The van der Waals surface area contributed by atoms with Gasteiger partial charge in [-0.2, -0.15) is 0 Å². The zero-order valence-electron chi connectivity index (χ0n) is 10.9. The van der Waals surface area contributed by atoms with Gasteiger partial charge in [-0.15, -0.1) is 0 Å². The van der Waals surface area contributed by atoms with Gasteiger partial charge in [-0.1, -0.05) is 65.7 Å². The molecule has 0 saturated carbocycles. The molecule has 1 unspecified atom stereocenters. The van der Waals surface area contributed by atoms with E-state index in [0.29, 0.717) is 12.0 Å². The van der Waals surface area contributed by atoms with Crippen LogP contribution in [-0.4, -0.2) is 6.04 Å². The van der Waals surface area contributed by atoms with E-state index in [1.807, 2.05) is 0 Å². The van der Waals surface area contributed by atoms with E-state index >= 15 is 0 Å². The first kappa shape index (κ1) is 14.9. The second-order valence-electron chi connectivity index (χ2n) is 4.93. The highest BCUT2D eigenvalue weighted by Crippen LogP contribution is 2.12. The van der Waals surface area contributed by atoms with Crippen LogP contribution in [0.1, 0.15) is 72.1 Å². The van der Waals surface area contributed by atoms with Crippen LogP contribution in [0.2, 0.25) is 0 Å². The molecule has 92 valence electrons. The first-order valence-electron chi connectivity index (χ1n) is 6.68. The predicted molar refractivity (Wildman–Crippen MR) is 68.6 cm³/mol. The van der Waals surface area contributed by atoms with E-state index in [1.54, 1.807) is 0 Å². The molecule has 0 aromatic rings. The van der Waals surface area contributed by atoms with Gasteiger partial charge >= 0.3 is 0 Å². The number of hydrogen-bond acceptors (Lipinski definition) is 2. The summed E-state index contributed by atoms with van der Waals surface area (Å²) >= 11 is 0. The lowest BCUT2D eigenvalue weighted by molar-refractivity contribution is 0.369. The van der Waals surface area contributed by atoms with Crippen LogP contribution in [0, 0.1) is 5.92 Å². The van der Waals surface area contributed by atoms with E-state index in [1.165, 1.54) is 51.4 Å². The number of rotatable bonds is 10. The molecule has 0 bridgehead atoms. The maximum absolute atomic E-state index is 5.50. The van der Waals surface area contributed by atoms with Crippen LogP contribution in [0.4, 0.5) is 0 Å². The molecule has 0 spiro atoms. The van der Waals surface area contributed by atoms with Crippen molar-refractivity contribution in [2.24, 2.45) is 11.8 Å². The Bertz CT molecular complexity index is 124. The third-order valence-corrected chi connectivity index (χ3v) is 3.14. The zero-order valence-corrected chi connectivity index (χ0v) is 10.9. The van der Waals surface area contributed by atoms with Crippen LogP contribution < -0.4 is 11.3 Å². The van der Waals surface area contributed by atoms with Crippen molar-refractivity contribution in [1.82, 2.24) is 5.43 Å². The van der Waals surface area contributed by atoms with E-state index < -0.39 is 0 Å². The summed E-state index contributed by atoms with van der Waals surface area (Å²) in [4.78, 5) is 0. The molecule has 0 aromatic carbocycles. The molecule has 0 radical (unpaired) electrons. The third-order valence-electron chi connectivity index (χ3n) is 3.14. The van der Waals surface area contributed by atoms with Crippen LogP contribution in [0.15, 0.2) is 0 Å². The fourth-order valence-corrected chi connectivity index (χ4v) is 1.93. The van der Waals surface area contributed by atoms with Gasteiger partial charge in [0, 0.05) is 6.04 Å². The molecule has 2 nitrogen and oxygen atoms in total. The SMILES string of the molecule is CCCCCCCCCC(NN)C(C)C. The molecule has 3 N–H and O–H groups in total. The summed E-state index contributed by atoms with van der Waals surface area (Å²) in [5.74, 6) is 6.15. The van der Waals surface area contributed by atoms with Crippen molar-refractivity contribution in [2.75, 3.05) is 0 Å². The highest BCUT2D eigenvalue weighted by Gasteiger charge is 2.09. The first-order chi connectivity index (χ1) is 7.22. The van der Waals surface area contributed by atoms with Crippen LogP contribution in [0.5, 0.6) is 0 Å². The lowest BCUT2D eigenvalue weighted by atomic mass is 9.98. The summed E-state index contributed by atoms with van der Waals surface area (Å²) in [5, 5.41) is 0. The molecule has 2 heteroatoms. The van der Waals surface area contributed by atoms with Crippen LogP contribution in [0.25, 0.3) is 0 Å². The Morgan fingerprint density at radius 2 is 1.47 bits per heavy atom. The van der Waals surface area contributed by atoms with E-state index in [0.717, 1.165) is 0 Å². The van der Waals surface area contributed by atoms with E-state index in [2.05, 4.69) is 26.2 Å². The van der Waals surface area contributed by atoms with Crippen molar-refractivity contribution in [3.8, 4) is 0 Å². The normalized spacial score (nSPS) is 13.4. The van der Waals surface area contributed by atoms with Crippen molar-refractivity contribution >= 4 is 0 Å². The van der Waals surface area contributed by atoms with Gasteiger partial charge in [0.2, 0.25) is 0 Å². The number of hydrogen-bond donors (Lipinski definition) is 2. The predicted octanol–water partition coefficient (Wildman–Crippen LogP) is 3.62. The molecule has 0 aliphatic heterocycles. The van der Waals surface area contributed by atoms with Gasteiger partial charge in [0.25, 0.3) is 0 Å². The minimum Gasteiger partial charge on any atom is -0.271 e. The summed E-state index contributed by atoms with van der Waals surface area (Å²) in [6, 6.07) is 0.501. The molecule has 15 heavy (non-hydrogen) atoms. The minimum absolute atomic E-state index is 0.501. The Labute approximate surface area is 96.0 Å². The highest BCUT2D eigenvalue weighted by atomic mass is 15.2. The molecule has 1 atom stereocenters. The number of hydrazine groups is 1. The van der Waals surface area contributed by atoms with E-state index in [4.69, 9.17) is 5.84 Å². The summed E-state index contributed by atoms with van der Waals surface area (Å²) < 4.78 is 0. The molecule has 0 amide bonds. The Hall–Kier alpha value is -0.0800. The maximum atomic E-state index is 5.50. The lowest BCUT2D eigenvalue weighted by Gasteiger charge is -2.19. The molecular weight excluding hydrogens is 184 g/mol. The summed E-state index contributed by atoms with van der Waals surface area (Å²) in [7, 11) is 0. The van der Waals surface area contributed by atoms with Gasteiger partial charge in [-0.25, -0.2) is 0 Å². The largest absolute Gasteiger partial charge is 0.271 e. The van der Waals surface area contributed by atoms with Crippen LogP contribution >= 0.6 is 0 Å². The smallest absolute Gasteiger partial charge is 0.0233 e. The van der Waals surface area contributed by atoms with Gasteiger partial charge in [-0.3, -0.25) is 11.3 Å². The molecular formula is C13H30N2. The quantitative estimate of drug-likeness (QED) is 0.331. The summed E-state index contributed by atoms with van der Waals surface area (Å²) in [6.45, 7) is 6.72. The van der Waals surface area contributed by atoms with Crippen LogP contribution in [-0.2, 0) is 0 Å². The Morgan fingerprint density at radius 1 is 0.933 bits per heavy atom. The topological polar surface area (TPSA) is 38.0 Å². The first-order valence-corrected chi connectivity index (χ1v) is 6.68. The van der Waals surface area contributed by atoms with Gasteiger partial charge in [0.05, 0.1) is 0 Å². The fourth-order valence-electron chi connectivity index (χ4n) is 1.93. The van der Waals surface area contributed by atoms with Gasteiger partial charge < -0.3 is 0 Å². The minimum atomic E-state index is 0.501. The van der Waals surface area contributed by atoms with Gasteiger partial charge in [0.15, 0.2) is 0 Å².